The van der Waals surface area contributed by atoms with Crippen LogP contribution in [0.2, 0.25) is 0 Å². The fourth-order valence-electron chi connectivity index (χ4n) is 1.65. The molecule has 0 aromatic carbocycles. The number of hydrogen-bond donors (Lipinski definition) is 1. The maximum absolute atomic E-state index is 8.47. The van der Waals surface area contributed by atoms with E-state index in [0.29, 0.717) is 19.8 Å². The van der Waals surface area contributed by atoms with Gasteiger partial charge in [-0.3, -0.25) is 0 Å². The van der Waals surface area contributed by atoms with Gasteiger partial charge in [-0.2, -0.15) is 0 Å². The van der Waals surface area contributed by atoms with Gasteiger partial charge in [0.2, 0.25) is 0 Å². The third kappa shape index (κ3) is 15.9. The molecule has 0 saturated heterocycles. The highest BCUT2D eigenvalue weighted by molar-refractivity contribution is 4.47. The number of aliphatic hydroxyl groups excluding tert-OH is 1. The Morgan fingerprint density at radius 3 is 1.76 bits per heavy atom. The van der Waals surface area contributed by atoms with Crippen LogP contribution in [0.25, 0.3) is 0 Å². The van der Waals surface area contributed by atoms with Crippen molar-refractivity contribution in [3.05, 3.63) is 6.92 Å². The molecular weight excluding hydrogens is 216 g/mol. The molecule has 0 unspecified atom stereocenters. The monoisotopic (exact) mass is 245 g/mol. The van der Waals surface area contributed by atoms with E-state index in [-0.39, 0.29) is 6.61 Å². The second kappa shape index (κ2) is 15.9. The third-order valence-corrected chi connectivity index (χ3v) is 2.65. The molecule has 0 aliphatic rings. The number of ether oxygens (including phenoxy) is 2. The van der Waals surface area contributed by atoms with Crippen LogP contribution in [0, 0.1) is 6.92 Å². The Kier molecular flexibility index (Phi) is 15.8. The van der Waals surface area contributed by atoms with Crippen LogP contribution >= 0.6 is 0 Å². The smallest absolute Gasteiger partial charge is 0.0701 e. The van der Waals surface area contributed by atoms with Crippen LogP contribution in [-0.2, 0) is 9.47 Å². The fraction of sp³-hybridized carbons (Fsp3) is 0.929. The van der Waals surface area contributed by atoms with Gasteiger partial charge in [-0.1, -0.05) is 51.9 Å². The minimum Gasteiger partial charge on any atom is -0.394 e. The van der Waals surface area contributed by atoms with E-state index < -0.39 is 0 Å². The van der Waals surface area contributed by atoms with Gasteiger partial charge >= 0.3 is 0 Å². The van der Waals surface area contributed by atoms with Crippen LogP contribution < -0.4 is 0 Å². The normalized spacial score (nSPS) is 10.9. The molecule has 0 fully saturated rings. The molecule has 103 valence electrons. The van der Waals surface area contributed by atoms with Crippen LogP contribution in [0.15, 0.2) is 0 Å². The van der Waals surface area contributed by atoms with Gasteiger partial charge in [0.1, 0.15) is 0 Å². The second-order valence-corrected chi connectivity index (χ2v) is 4.28. The average molecular weight is 245 g/mol. The summed E-state index contributed by atoms with van der Waals surface area (Å²) in [4.78, 5) is 0. The van der Waals surface area contributed by atoms with E-state index in [0.717, 1.165) is 19.4 Å². The zero-order chi connectivity index (χ0) is 12.6. The third-order valence-electron chi connectivity index (χ3n) is 2.65. The molecule has 0 saturated carbocycles. The van der Waals surface area contributed by atoms with Crippen molar-refractivity contribution in [2.45, 2.75) is 51.4 Å². The summed E-state index contributed by atoms with van der Waals surface area (Å²) in [5.41, 5.74) is 0. The van der Waals surface area contributed by atoms with E-state index in [1.54, 1.807) is 0 Å². The van der Waals surface area contributed by atoms with Crippen molar-refractivity contribution in [2.75, 3.05) is 33.0 Å². The first-order chi connectivity index (χ1) is 8.41. The lowest BCUT2D eigenvalue weighted by atomic mass is 10.1. The minimum atomic E-state index is 0.0914. The first-order valence-corrected chi connectivity index (χ1v) is 6.97. The van der Waals surface area contributed by atoms with E-state index in [4.69, 9.17) is 14.6 Å². The first-order valence-electron chi connectivity index (χ1n) is 6.97. The molecule has 0 aliphatic heterocycles. The summed E-state index contributed by atoms with van der Waals surface area (Å²) in [5.74, 6) is 0. The molecule has 1 N–H and O–H groups in total. The largest absolute Gasteiger partial charge is 0.394 e. The van der Waals surface area contributed by atoms with Crippen molar-refractivity contribution >= 4 is 0 Å². The Morgan fingerprint density at radius 2 is 1.18 bits per heavy atom. The van der Waals surface area contributed by atoms with E-state index in [9.17, 15) is 0 Å². The SMILES string of the molecule is [CH2]CCCCCCCCCOCCOCCO. The Bertz CT molecular complexity index is 115. The predicted octanol–water partition coefficient (Wildman–Crippen LogP) is 2.97. The minimum absolute atomic E-state index is 0.0914. The number of rotatable bonds is 14. The summed E-state index contributed by atoms with van der Waals surface area (Å²) in [6.45, 7) is 6.41. The summed E-state index contributed by atoms with van der Waals surface area (Å²) in [7, 11) is 0. The highest BCUT2D eigenvalue weighted by atomic mass is 16.5. The lowest BCUT2D eigenvalue weighted by Gasteiger charge is -2.05. The van der Waals surface area contributed by atoms with Crippen molar-refractivity contribution in [3.8, 4) is 0 Å². The fourth-order valence-corrected chi connectivity index (χ4v) is 1.65. The van der Waals surface area contributed by atoms with Crippen LogP contribution in [0.1, 0.15) is 51.4 Å². The molecule has 0 amide bonds. The molecule has 1 radical (unpaired) electrons. The molecule has 0 aromatic heterocycles. The molecular formula is C14H29O3. The molecule has 0 aliphatic carbocycles. The van der Waals surface area contributed by atoms with Gasteiger partial charge in [-0.15, -0.1) is 0 Å². The Hall–Kier alpha value is -0.120. The Balaban J connectivity index is 2.85. The molecule has 0 aromatic rings. The van der Waals surface area contributed by atoms with Crippen LogP contribution in [-0.4, -0.2) is 38.1 Å². The van der Waals surface area contributed by atoms with E-state index in [2.05, 4.69) is 6.92 Å². The van der Waals surface area contributed by atoms with Crippen molar-refractivity contribution in [1.29, 1.82) is 0 Å². The number of hydrogen-bond acceptors (Lipinski definition) is 3. The Labute approximate surface area is 107 Å². The van der Waals surface area contributed by atoms with Crippen molar-refractivity contribution in [2.24, 2.45) is 0 Å². The van der Waals surface area contributed by atoms with Crippen molar-refractivity contribution in [1.82, 2.24) is 0 Å². The van der Waals surface area contributed by atoms with Gasteiger partial charge in [0, 0.05) is 6.61 Å². The number of unbranched alkanes of at least 4 members (excludes halogenated alkanes) is 7. The van der Waals surface area contributed by atoms with Gasteiger partial charge in [-0.05, 0) is 6.42 Å². The van der Waals surface area contributed by atoms with Crippen LogP contribution in [0.3, 0.4) is 0 Å². The molecule has 17 heavy (non-hydrogen) atoms. The van der Waals surface area contributed by atoms with E-state index >= 15 is 0 Å². The van der Waals surface area contributed by atoms with Crippen molar-refractivity contribution in [3.63, 3.8) is 0 Å². The Morgan fingerprint density at radius 1 is 0.647 bits per heavy atom. The lowest BCUT2D eigenvalue weighted by Crippen LogP contribution is -2.07. The maximum Gasteiger partial charge on any atom is 0.0701 e. The zero-order valence-corrected chi connectivity index (χ0v) is 11.2. The topological polar surface area (TPSA) is 38.7 Å². The molecule has 0 atom stereocenters. The van der Waals surface area contributed by atoms with Crippen LogP contribution in [0.4, 0.5) is 0 Å². The summed E-state index contributed by atoms with van der Waals surface area (Å²) in [6, 6.07) is 0. The summed E-state index contributed by atoms with van der Waals surface area (Å²) < 4.78 is 10.5. The summed E-state index contributed by atoms with van der Waals surface area (Å²) >= 11 is 0. The molecule has 0 rings (SSSR count). The lowest BCUT2D eigenvalue weighted by molar-refractivity contribution is 0.0321. The van der Waals surface area contributed by atoms with Gasteiger partial charge in [-0.25, -0.2) is 0 Å². The summed E-state index contributed by atoms with van der Waals surface area (Å²) in [5, 5.41) is 8.47. The summed E-state index contributed by atoms with van der Waals surface area (Å²) in [6.07, 6.45) is 10.1. The van der Waals surface area contributed by atoms with E-state index in [1.807, 2.05) is 0 Å². The standard InChI is InChI=1S/C14H29O3/c1-2-3-4-5-6-7-8-9-11-16-13-14-17-12-10-15/h15H,1-14H2. The highest BCUT2D eigenvalue weighted by Gasteiger charge is 1.92. The molecule has 3 heteroatoms. The molecule has 0 bridgehead atoms. The zero-order valence-electron chi connectivity index (χ0n) is 11.2. The predicted molar refractivity (Wildman–Crippen MR) is 71.0 cm³/mol. The maximum atomic E-state index is 8.47. The number of aliphatic hydroxyl groups is 1. The van der Waals surface area contributed by atoms with Gasteiger partial charge in [0.25, 0.3) is 0 Å². The van der Waals surface area contributed by atoms with Crippen molar-refractivity contribution < 1.29 is 14.6 Å². The van der Waals surface area contributed by atoms with Crippen LogP contribution in [0.5, 0.6) is 0 Å². The molecule has 0 spiro atoms. The van der Waals surface area contributed by atoms with Gasteiger partial charge in [0.05, 0.1) is 26.4 Å². The molecule has 0 heterocycles. The highest BCUT2D eigenvalue weighted by Crippen LogP contribution is 2.08. The average Bonchev–Trinajstić information content (AvgIpc) is 2.35. The second-order valence-electron chi connectivity index (χ2n) is 4.28. The van der Waals surface area contributed by atoms with Gasteiger partial charge in [0.15, 0.2) is 0 Å². The van der Waals surface area contributed by atoms with Gasteiger partial charge < -0.3 is 14.6 Å². The molecule has 3 nitrogen and oxygen atoms in total. The van der Waals surface area contributed by atoms with E-state index in [1.165, 1.54) is 38.5 Å². The quantitative estimate of drug-likeness (QED) is 0.478. The first kappa shape index (κ1) is 16.9.